The molecule has 0 radical (unpaired) electrons. The SMILES string of the molecule is NC1(c2nc(Cl)c(F)cc2C(=O)OC(=O)c2cc(F)c(Cl)nc2C2(N)CCCC2)CCCC1. The molecule has 0 bridgehead atoms. The van der Waals surface area contributed by atoms with E-state index in [4.69, 9.17) is 39.4 Å². The Morgan fingerprint density at radius 3 is 1.45 bits per heavy atom. The summed E-state index contributed by atoms with van der Waals surface area (Å²) in [5.41, 5.74) is 10.3. The van der Waals surface area contributed by atoms with Gasteiger partial charge in [0.2, 0.25) is 0 Å². The molecule has 2 aromatic heterocycles. The quantitative estimate of drug-likeness (QED) is 0.361. The highest BCUT2D eigenvalue weighted by Gasteiger charge is 2.40. The van der Waals surface area contributed by atoms with E-state index in [9.17, 15) is 18.4 Å². The Morgan fingerprint density at radius 1 is 0.788 bits per heavy atom. The Morgan fingerprint density at radius 2 is 1.12 bits per heavy atom. The molecule has 0 aromatic carbocycles. The topological polar surface area (TPSA) is 121 Å². The first kappa shape index (κ1) is 23.9. The number of pyridine rings is 2. The number of nitrogens with zero attached hydrogens (tertiary/aromatic N) is 2. The van der Waals surface area contributed by atoms with Gasteiger partial charge in [-0.3, -0.25) is 0 Å². The minimum atomic E-state index is -1.19. The highest BCUT2D eigenvalue weighted by atomic mass is 35.5. The summed E-state index contributed by atoms with van der Waals surface area (Å²) in [5, 5.41) is -0.885. The molecule has 7 nitrogen and oxygen atoms in total. The van der Waals surface area contributed by atoms with Gasteiger partial charge in [0.1, 0.15) is 0 Å². The van der Waals surface area contributed by atoms with Crippen molar-refractivity contribution in [2.75, 3.05) is 0 Å². The van der Waals surface area contributed by atoms with Gasteiger partial charge in [-0.1, -0.05) is 48.9 Å². The lowest BCUT2D eigenvalue weighted by Crippen LogP contribution is -2.37. The second kappa shape index (κ2) is 8.87. The number of carbonyl (C=O) groups excluding carboxylic acids is 2. The molecule has 0 amide bonds. The zero-order chi connectivity index (χ0) is 24.0. The van der Waals surface area contributed by atoms with Crippen LogP contribution < -0.4 is 11.5 Å². The summed E-state index contributed by atoms with van der Waals surface area (Å²) < 4.78 is 33.4. The van der Waals surface area contributed by atoms with Crippen molar-refractivity contribution in [2.45, 2.75) is 62.4 Å². The highest BCUT2D eigenvalue weighted by Crippen LogP contribution is 2.39. The van der Waals surface area contributed by atoms with Crippen LogP contribution in [-0.4, -0.2) is 21.9 Å². The molecule has 33 heavy (non-hydrogen) atoms. The number of nitrogens with two attached hydrogens (primary N) is 2. The number of esters is 2. The van der Waals surface area contributed by atoms with Crippen LogP contribution >= 0.6 is 23.2 Å². The lowest BCUT2D eigenvalue weighted by Gasteiger charge is -2.26. The van der Waals surface area contributed by atoms with Gasteiger partial charge in [-0.05, 0) is 37.8 Å². The molecule has 176 valence electrons. The van der Waals surface area contributed by atoms with Crippen LogP contribution in [0.3, 0.4) is 0 Å². The Kier molecular flexibility index (Phi) is 6.43. The molecule has 2 aromatic rings. The van der Waals surface area contributed by atoms with Gasteiger partial charge in [0.05, 0.1) is 33.6 Å². The zero-order valence-corrected chi connectivity index (χ0v) is 19.1. The predicted molar refractivity (Wildman–Crippen MR) is 117 cm³/mol. The maximum Gasteiger partial charge on any atom is 0.348 e. The maximum atomic E-state index is 14.2. The molecule has 2 aliphatic rings. The van der Waals surface area contributed by atoms with E-state index in [0.29, 0.717) is 25.7 Å². The van der Waals surface area contributed by atoms with Crippen LogP contribution in [0.1, 0.15) is 83.5 Å². The summed E-state index contributed by atoms with van der Waals surface area (Å²) in [6, 6.07) is 1.69. The number of halogens is 4. The van der Waals surface area contributed by atoms with E-state index in [1.807, 2.05) is 0 Å². The number of hydrogen-bond acceptors (Lipinski definition) is 7. The molecule has 4 rings (SSSR count). The molecule has 2 fully saturated rings. The summed E-state index contributed by atoms with van der Waals surface area (Å²) in [4.78, 5) is 33.9. The van der Waals surface area contributed by atoms with E-state index >= 15 is 0 Å². The molecule has 0 unspecified atom stereocenters. The van der Waals surface area contributed by atoms with Crippen molar-refractivity contribution in [3.63, 3.8) is 0 Å². The fraction of sp³-hybridized carbons (Fsp3) is 0.455. The van der Waals surface area contributed by atoms with Gasteiger partial charge in [0.15, 0.2) is 21.9 Å². The highest BCUT2D eigenvalue weighted by molar-refractivity contribution is 6.30. The first-order valence-corrected chi connectivity index (χ1v) is 11.4. The Labute approximate surface area is 198 Å². The van der Waals surface area contributed by atoms with Crippen LogP contribution in [-0.2, 0) is 15.8 Å². The third-order valence-corrected chi connectivity index (χ3v) is 6.96. The monoisotopic (exact) mass is 498 g/mol. The zero-order valence-electron chi connectivity index (χ0n) is 17.6. The van der Waals surface area contributed by atoms with Crippen LogP contribution in [0.2, 0.25) is 10.3 Å². The Bertz CT molecular complexity index is 1050. The van der Waals surface area contributed by atoms with Gasteiger partial charge >= 0.3 is 11.9 Å². The van der Waals surface area contributed by atoms with Gasteiger partial charge in [-0.25, -0.2) is 28.3 Å². The minimum absolute atomic E-state index is 0.0518. The number of ether oxygens (including phenoxy) is 1. The van der Waals surface area contributed by atoms with Crippen LogP contribution in [0, 0.1) is 11.6 Å². The van der Waals surface area contributed by atoms with E-state index in [1.165, 1.54) is 0 Å². The second-order valence-electron chi connectivity index (χ2n) is 8.72. The van der Waals surface area contributed by atoms with Crippen LogP contribution in [0.15, 0.2) is 12.1 Å². The van der Waals surface area contributed by atoms with E-state index in [1.54, 1.807) is 0 Å². The fourth-order valence-electron chi connectivity index (χ4n) is 4.68. The first-order valence-electron chi connectivity index (χ1n) is 10.6. The van der Waals surface area contributed by atoms with Gasteiger partial charge in [0.25, 0.3) is 0 Å². The van der Waals surface area contributed by atoms with Crippen LogP contribution in [0.5, 0.6) is 0 Å². The molecule has 11 heteroatoms. The molecule has 0 spiro atoms. The normalized spacial score (nSPS) is 19.0. The Balaban J connectivity index is 1.70. The van der Waals surface area contributed by atoms with Crippen molar-refractivity contribution in [2.24, 2.45) is 11.5 Å². The second-order valence-corrected chi connectivity index (χ2v) is 9.43. The van der Waals surface area contributed by atoms with Crippen LogP contribution in [0.25, 0.3) is 0 Å². The first-order chi connectivity index (χ1) is 15.5. The fourth-order valence-corrected chi connectivity index (χ4v) is 4.96. The van der Waals surface area contributed by atoms with Crippen molar-refractivity contribution in [3.8, 4) is 0 Å². The minimum Gasteiger partial charge on any atom is -0.386 e. The summed E-state index contributed by atoms with van der Waals surface area (Å²) in [5.74, 6) is -4.30. The van der Waals surface area contributed by atoms with E-state index in [0.717, 1.165) is 37.8 Å². The summed E-state index contributed by atoms with van der Waals surface area (Å²) in [6.45, 7) is 0. The van der Waals surface area contributed by atoms with Crippen molar-refractivity contribution >= 4 is 35.1 Å². The standard InChI is InChI=1S/C22H22Cl2F2N4O3/c23-17-13(25)9-11(15(29-17)21(27)5-1-2-6-21)19(31)33-20(32)12-10-14(26)18(24)30-16(12)22(28)7-3-4-8-22/h9-10H,1-8,27-28H2. The lowest BCUT2D eigenvalue weighted by molar-refractivity contribution is 0.0391. The summed E-state index contributed by atoms with van der Waals surface area (Å²) >= 11 is 11.7. The van der Waals surface area contributed by atoms with Crippen molar-refractivity contribution in [1.29, 1.82) is 0 Å². The van der Waals surface area contributed by atoms with Crippen molar-refractivity contribution in [1.82, 2.24) is 9.97 Å². The summed E-state index contributed by atoms with van der Waals surface area (Å²) in [6.07, 6.45) is 5.17. The van der Waals surface area contributed by atoms with E-state index in [-0.39, 0.29) is 22.5 Å². The molecule has 2 aliphatic carbocycles. The van der Waals surface area contributed by atoms with Gasteiger partial charge in [0, 0.05) is 0 Å². The largest absolute Gasteiger partial charge is 0.386 e. The molecular weight excluding hydrogens is 477 g/mol. The van der Waals surface area contributed by atoms with Crippen molar-refractivity contribution in [3.05, 3.63) is 56.6 Å². The van der Waals surface area contributed by atoms with Crippen molar-refractivity contribution < 1.29 is 23.1 Å². The van der Waals surface area contributed by atoms with Gasteiger partial charge in [-0.15, -0.1) is 0 Å². The average molecular weight is 499 g/mol. The number of hydrogen-bond donors (Lipinski definition) is 2. The third-order valence-electron chi connectivity index (χ3n) is 6.43. The Hall–Kier alpha value is -2.20. The third kappa shape index (κ3) is 4.47. The smallest absolute Gasteiger partial charge is 0.348 e. The van der Waals surface area contributed by atoms with E-state index in [2.05, 4.69) is 9.97 Å². The number of rotatable bonds is 4. The molecule has 0 aliphatic heterocycles. The van der Waals surface area contributed by atoms with Crippen LogP contribution in [0.4, 0.5) is 8.78 Å². The number of carbonyl (C=O) groups is 2. The molecule has 0 saturated heterocycles. The van der Waals surface area contributed by atoms with Gasteiger partial charge < -0.3 is 16.2 Å². The maximum absolute atomic E-state index is 14.2. The lowest BCUT2D eigenvalue weighted by atomic mass is 9.90. The predicted octanol–water partition coefficient (Wildman–Crippen LogP) is 4.51. The average Bonchev–Trinajstić information content (AvgIpc) is 3.41. The summed E-state index contributed by atoms with van der Waals surface area (Å²) in [7, 11) is 0. The molecular formula is C22H22Cl2F2N4O3. The number of aromatic nitrogens is 2. The molecule has 2 saturated carbocycles. The molecule has 4 N–H and O–H groups in total. The van der Waals surface area contributed by atoms with E-state index < -0.39 is 45.0 Å². The van der Waals surface area contributed by atoms with Gasteiger partial charge in [-0.2, -0.15) is 0 Å². The molecule has 2 heterocycles. The molecule has 0 atom stereocenters.